The second-order valence-corrected chi connectivity index (χ2v) is 7.08. The van der Waals surface area contributed by atoms with E-state index in [0.717, 1.165) is 30.2 Å². The standard InChI is InChI=1S/C18H26N4O3S/c1-6-19-18(20-8-7-16-22-11(2)13(4)26-16)21-10-14-9-15(12(3)25-14)17(23)24-5/h9H,6-8,10H2,1-5H3,(H2,19,20,21). The molecule has 2 heterocycles. The molecule has 2 aromatic heterocycles. The number of nitrogens with one attached hydrogen (secondary N) is 2. The minimum Gasteiger partial charge on any atom is -0.465 e. The van der Waals surface area contributed by atoms with Crippen LogP contribution >= 0.6 is 11.3 Å². The van der Waals surface area contributed by atoms with Crippen LogP contribution in [0, 0.1) is 20.8 Å². The summed E-state index contributed by atoms with van der Waals surface area (Å²) in [6.07, 6.45) is 0.843. The highest BCUT2D eigenvalue weighted by Gasteiger charge is 2.15. The number of aryl methyl sites for hydroxylation is 3. The zero-order valence-electron chi connectivity index (χ0n) is 15.9. The summed E-state index contributed by atoms with van der Waals surface area (Å²) in [7, 11) is 1.35. The number of hydrogen-bond donors (Lipinski definition) is 2. The lowest BCUT2D eigenvalue weighted by Gasteiger charge is -2.10. The van der Waals surface area contributed by atoms with E-state index in [4.69, 9.17) is 9.15 Å². The Hall–Kier alpha value is -2.35. The number of thiazole rings is 1. The fraction of sp³-hybridized carbons (Fsp3) is 0.500. The molecule has 0 amide bonds. The van der Waals surface area contributed by atoms with Gasteiger partial charge in [0, 0.05) is 24.4 Å². The van der Waals surface area contributed by atoms with Gasteiger partial charge in [-0.05, 0) is 33.8 Å². The van der Waals surface area contributed by atoms with Crippen LogP contribution in [0.2, 0.25) is 0 Å². The Morgan fingerprint density at radius 3 is 2.73 bits per heavy atom. The number of furan rings is 1. The molecule has 0 aliphatic carbocycles. The minimum atomic E-state index is -0.402. The largest absolute Gasteiger partial charge is 0.465 e. The lowest BCUT2D eigenvalue weighted by molar-refractivity contribution is 0.0599. The second-order valence-electron chi connectivity index (χ2n) is 5.80. The van der Waals surface area contributed by atoms with Crippen LogP contribution in [0.3, 0.4) is 0 Å². The lowest BCUT2D eigenvalue weighted by atomic mass is 10.2. The van der Waals surface area contributed by atoms with Crippen LogP contribution < -0.4 is 10.6 Å². The van der Waals surface area contributed by atoms with Gasteiger partial charge in [0.1, 0.15) is 23.6 Å². The zero-order valence-corrected chi connectivity index (χ0v) is 16.7. The molecule has 8 heteroatoms. The maximum Gasteiger partial charge on any atom is 0.341 e. The maximum atomic E-state index is 11.6. The number of carbonyl (C=O) groups excluding carboxylic acids is 1. The first kappa shape index (κ1) is 20.0. The van der Waals surface area contributed by atoms with Crippen LogP contribution in [0.15, 0.2) is 15.5 Å². The summed E-state index contributed by atoms with van der Waals surface area (Å²) in [5.41, 5.74) is 1.53. The van der Waals surface area contributed by atoms with Crippen molar-refractivity contribution >= 4 is 23.3 Å². The summed E-state index contributed by atoms with van der Waals surface area (Å²) in [6.45, 7) is 9.70. The molecule has 142 valence electrons. The van der Waals surface area contributed by atoms with E-state index < -0.39 is 5.97 Å². The molecule has 0 radical (unpaired) electrons. The highest BCUT2D eigenvalue weighted by molar-refractivity contribution is 7.11. The summed E-state index contributed by atoms with van der Waals surface area (Å²) in [6, 6.07) is 1.68. The van der Waals surface area contributed by atoms with Gasteiger partial charge in [-0.3, -0.25) is 0 Å². The van der Waals surface area contributed by atoms with Crippen LogP contribution in [0.5, 0.6) is 0 Å². The summed E-state index contributed by atoms with van der Waals surface area (Å²) in [5.74, 6) is 1.45. The van der Waals surface area contributed by atoms with E-state index in [1.807, 2.05) is 13.8 Å². The van der Waals surface area contributed by atoms with E-state index in [0.29, 0.717) is 29.6 Å². The molecular formula is C18H26N4O3S. The number of carbonyl (C=O) groups is 1. The zero-order chi connectivity index (χ0) is 19.1. The van der Waals surface area contributed by atoms with E-state index in [2.05, 4.69) is 27.5 Å². The second kappa shape index (κ2) is 9.38. The molecule has 2 N–H and O–H groups in total. The normalized spacial score (nSPS) is 11.5. The summed E-state index contributed by atoms with van der Waals surface area (Å²) < 4.78 is 10.3. The first-order valence-corrected chi connectivity index (χ1v) is 9.39. The van der Waals surface area contributed by atoms with Crippen LogP contribution in [-0.4, -0.2) is 37.1 Å². The van der Waals surface area contributed by atoms with Gasteiger partial charge in [0.2, 0.25) is 0 Å². The average molecular weight is 378 g/mol. The monoisotopic (exact) mass is 378 g/mol. The van der Waals surface area contributed by atoms with E-state index in [1.54, 1.807) is 24.3 Å². The lowest BCUT2D eigenvalue weighted by Crippen LogP contribution is -2.38. The fourth-order valence-electron chi connectivity index (χ4n) is 2.37. The SMILES string of the molecule is CCNC(=NCc1cc(C(=O)OC)c(C)o1)NCCc1nc(C)c(C)s1. The number of rotatable bonds is 7. The van der Waals surface area contributed by atoms with E-state index in [1.165, 1.54) is 12.0 Å². The van der Waals surface area contributed by atoms with E-state index in [9.17, 15) is 4.79 Å². The number of hydrogen-bond acceptors (Lipinski definition) is 6. The average Bonchev–Trinajstić information content (AvgIpc) is 3.14. The molecular weight excluding hydrogens is 352 g/mol. The van der Waals surface area contributed by atoms with Gasteiger partial charge in [0.05, 0.1) is 17.8 Å². The van der Waals surface area contributed by atoms with E-state index in [-0.39, 0.29) is 0 Å². The molecule has 7 nitrogen and oxygen atoms in total. The van der Waals surface area contributed by atoms with Gasteiger partial charge in [-0.1, -0.05) is 0 Å². The Labute approximate surface area is 157 Å². The first-order chi connectivity index (χ1) is 12.4. The van der Waals surface area contributed by atoms with Gasteiger partial charge >= 0.3 is 5.97 Å². The predicted molar refractivity (Wildman–Crippen MR) is 103 cm³/mol. The van der Waals surface area contributed by atoms with Crippen molar-refractivity contribution in [3.05, 3.63) is 38.7 Å². The van der Waals surface area contributed by atoms with Crippen molar-refractivity contribution in [3.63, 3.8) is 0 Å². The van der Waals surface area contributed by atoms with Crippen molar-refractivity contribution < 1.29 is 13.9 Å². The van der Waals surface area contributed by atoms with E-state index >= 15 is 0 Å². The van der Waals surface area contributed by atoms with Crippen molar-refractivity contribution in [1.82, 2.24) is 15.6 Å². The Morgan fingerprint density at radius 2 is 2.12 bits per heavy atom. The number of aromatic nitrogens is 1. The van der Waals surface area contributed by atoms with Crippen molar-refractivity contribution in [2.24, 2.45) is 4.99 Å². The van der Waals surface area contributed by atoms with Crippen molar-refractivity contribution in [2.75, 3.05) is 20.2 Å². The smallest absolute Gasteiger partial charge is 0.341 e. The van der Waals surface area contributed by atoms with Crippen LogP contribution in [0.1, 0.15) is 44.4 Å². The van der Waals surface area contributed by atoms with Crippen LogP contribution in [0.25, 0.3) is 0 Å². The third-order valence-electron chi connectivity index (χ3n) is 3.82. The van der Waals surface area contributed by atoms with Crippen LogP contribution in [0.4, 0.5) is 0 Å². The number of nitrogens with zero attached hydrogens (tertiary/aromatic N) is 2. The molecule has 0 fully saturated rings. The molecule has 0 bridgehead atoms. The van der Waals surface area contributed by atoms with Crippen LogP contribution in [-0.2, 0) is 17.7 Å². The quantitative estimate of drug-likeness (QED) is 0.437. The molecule has 0 aromatic carbocycles. The molecule has 0 atom stereocenters. The molecule has 2 aromatic rings. The number of methoxy groups -OCH3 is 1. The van der Waals surface area contributed by atoms with Gasteiger partial charge in [0.25, 0.3) is 0 Å². The predicted octanol–water partition coefficient (Wildman–Crippen LogP) is 2.75. The summed E-state index contributed by atoms with van der Waals surface area (Å²) in [5, 5.41) is 7.61. The summed E-state index contributed by atoms with van der Waals surface area (Å²) >= 11 is 1.73. The molecule has 0 aliphatic heterocycles. The Morgan fingerprint density at radius 1 is 1.35 bits per heavy atom. The Kier molecular flexibility index (Phi) is 7.20. The Bertz CT molecular complexity index is 760. The van der Waals surface area contributed by atoms with Gasteiger partial charge in [-0.2, -0.15) is 0 Å². The third kappa shape index (κ3) is 5.32. The van der Waals surface area contributed by atoms with Gasteiger partial charge in [-0.25, -0.2) is 14.8 Å². The number of guanidine groups is 1. The first-order valence-electron chi connectivity index (χ1n) is 8.57. The molecule has 2 rings (SSSR count). The molecule has 0 aliphatic rings. The van der Waals surface area contributed by atoms with Gasteiger partial charge < -0.3 is 19.8 Å². The Balaban J connectivity index is 1.94. The topological polar surface area (TPSA) is 88.8 Å². The van der Waals surface area contributed by atoms with Crippen molar-refractivity contribution in [3.8, 4) is 0 Å². The van der Waals surface area contributed by atoms with Crippen molar-refractivity contribution in [1.29, 1.82) is 0 Å². The molecule has 26 heavy (non-hydrogen) atoms. The number of aliphatic imine (C=N–C) groups is 1. The number of ether oxygens (including phenoxy) is 1. The maximum absolute atomic E-state index is 11.6. The van der Waals surface area contributed by atoms with Gasteiger partial charge in [-0.15, -0.1) is 11.3 Å². The minimum absolute atomic E-state index is 0.336. The fourth-order valence-corrected chi connectivity index (χ4v) is 3.30. The highest BCUT2D eigenvalue weighted by atomic mass is 32.1. The molecule has 0 saturated carbocycles. The molecule has 0 saturated heterocycles. The summed E-state index contributed by atoms with van der Waals surface area (Å²) in [4.78, 5) is 22.0. The third-order valence-corrected chi connectivity index (χ3v) is 4.95. The number of esters is 1. The highest BCUT2D eigenvalue weighted by Crippen LogP contribution is 2.17. The van der Waals surface area contributed by atoms with Gasteiger partial charge in [0.15, 0.2) is 5.96 Å². The molecule has 0 spiro atoms. The van der Waals surface area contributed by atoms with Crippen molar-refractivity contribution in [2.45, 2.75) is 40.7 Å². The molecule has 0 unspecified atom stereocenters.